The van der Waals surface area contributed by atoms with Gasteiger partial charge in [0, 0.05) is 73.0 Å². The number of carbonyl (C=O) groups excluding carboxylic acids is 2. The van der Waals surface area contributed by atoms with Crippen LogP contribution < -0.4 is 33.2 Å². The molecule has 6 aliphatic heterocycles. The number of aliphatic carboxylic acids is 1. The van der Waals surface area contributed by atoms with E-state index in [4.69, 9.17) is 22.3 Å². The van der Waals surface area contributed by atoms with Crippen LogP contribution >= 0.6 is 0 Å². The Morgan fingerprint density at radius 1 is 0.553 bits per heavy atom. The number of hydrogen-bond donors (Lipinski definition) is 8. The minimum absolute atomic E-state index is 0.122. The molecule has 0 fully saturated rings. The fourth-order valence-corrected chi connectivity index (χ4v) is 14.1. The van der Waals surface area contributed by atoms with Gasteiger partial charge in [0.25, 0.3) is 11.8 Å². The standard InChI is InChI=1S/2C19H25N5O3S.C12H15NO2.C7H12N4O2S/c1-3-12-4-5-16-15(10-12)13(6-8-21-16)19(25)24-17-11-23(28(2,26)27)9-7-14(17)18(20)22-24;1-3-12-4-5-16-15(10-12)13(6-8-21-16)19(25)24-18(20)14-7-9-23(28(2,26)27)11-17(14)22-24;1-2-8-3-4-11-10(7-8)9(12(14)15)5-6-13-11;1-14(12,13)11-3-2-5-6(4-11)9-10-7(5)8/h4-5,10,13,21H,3,6-9,11H2,1-2H3,(H2,20,22);4-5,10,13,21H,3,6-9,11,20H2,1-2H3;3-4,7,9,13H,2,5-6H2,1H3,(H,14,15);2-4H2,1H3,(H3,8,9,10). The van der Waals surface area contributed by atoms with Crippen LogP contribution in [0.15, 0.2) is 54.6 Å². The van der Waals surface area contributed by atoms with Gasteiger partial charge >= 0.3 is 5.97 Å². The number of carbonyl (C=O) groups is 3. The lowest BCUT2D eigenvalue weighted by Crippen LogP contribution is -2.37. The minimum Gasteiger partial charge on any atom is -0.481 e. The Morgan fingerprint density at radius 2 is 0.976 bits per heavy atom. The summed E-state index contributed by atoms with van der Waals surface area (Å²) in [4.78, 5) is 37.9. The monoisotopic (exact) mass is 1230 g/mol. The molecule has 0 amide bonds. The van der Waals surface area contributed by atoms with Crippen LogP contribution in [-0.2, 0) is 93.0 Å². The van der Waals surface area contributed by atoms with Gasteiger partial charge in [-0.1, -0.05) is 57.2 Å². The summed E-state index contributed by atoms with van der Waals surface area (Å²) in [5.41, 5.74) is 31.7. The molecular formula is C57H77N15O10S3. The van der Waals surface area contributed by atoms with Gasteiger partial charge in [-0.05, 0) is 109 Å². The van der Waals surface area contributed by atoms with E-state index in [1.54, 1.807) is 0 Å². The number of anilines is 6. The van der Waals surface area contributed by atoms with Gasteiger partial charge in [-0.25, -0.2) is 29.9 Å². The lowest BCUT2D eigenvalue weighted by Gasteiger charge is -2.28. The molecule has 85 heavy (non-hydrogen) atoms. The summed E-state index contributed by atoms with van der Waals surface area (Å²) in [6.07, 6.45) is 9.85. The average molecular weight is 1230 g/mol. The summed E-state index contributed by atoms with van der Waals surface area (Å²) in [5.74, 6) is -0.898. The molecule has 6 aliphatic rings. The third-order valence-electron chi connectivity index (χ3n) is 16.7. The number of H-pyrrole nitrogens is 1. The first-order chi connectivity index (χ1) is 40.3. The quantitative estimate of drug-likeness (QED) is 0.0971. The number of rotatable bonds is 9. The van der Waals surface area contributed by atoms with E-state index >= 15 is 0 Å². The van der Waals surface area contributed by atoms with Gasteiger partial charge in [0.1, 0.15) is 17.5 Å². The summed E-state index contributed by atoms with van der Waals surface area (Å²) >= 11 is 0. The van der Waals surface area contributed by atoms with Gasteiger partial charge in [-0.3, -0.25) is 19.5 Å². The van der Waals surface area contributed by atoms with Crippen LogP contribution in [0.25, 0.3) is 0 Å². The maximum Gasteiger partial charge on any atom is 0.311 e. The van der Waals surface area contributed by atoms with Crippen molar-refractivity contribution in [2.45, 2.75) is 116 Å². The normalized spacial score (nSPS) is 19.2. The number of nitrogens with two attached hydrogens (primary N) is 3. The van der Waals surface area contributed by atoms with Crippen LogP contribution in [-0.4, -0.2) is 149 Å². The number of aromatic nitrogens is 6. The first-order valence-corrected chi connectivity index (χ1v) is 34.1. The van der Waals surface area contributed by atoms with E-state index in [0.717, 1.165) is 81.9 Å². The smallest absolute Gasteiger partial charge is 0.311 e. The van der Waals surface area contributed by atoms with Gasteiger partial charge in [0.2, 0.25) is 30.1 Å². The van der Waals surface area contributed by atoms with Crippen molar-refractivity contribution in [2.75, 3.05) is 91.2 Å². The maximum absolute atomic E-state index is 13.5. The zero-order valence-electron chi connectivity index (χ0n) is 48.8. The third kappa shape index (κ3) is 13.5. The first-order valence-electron chi connectivity index (χ1n) is 28.6. The number of sulfonamides is 3. The summed E-state index contributed by atoms with van der Waals surface area (Å²) in [7, 11) is -9.78. The number of benzene rings is 3. The molecule has 3 unspecified atom stereocenters. The SMILES string of the molecule is CCc1ccc2c(c1)C(C(=O)O)CCN2.CCc1ccc2c(c1)C(C(=O)n1nc(N)c3c1CN(S(C)(=O)=O)CC3)CCN2.CCc1ccc2c(c1)C(C(=O)n1nc3c(c1N)CCN(S(C)(=O)=O)C3)CCN2.CS(=O)(=O)N1CCc2c(N)n[nH]c2C1. The topological polar surface area (TPSA) is 362 Å². The van der Waals surface area contributed by atoms with Crippen molar-refractivity contribution < 1.29 is 44.7 Å². The van der Waals surface area contributed by atoms with Crippen molar-refractivity contribution in [1.82, 2.24) is 42.7 Å². The summed E-state index contributed by atoms with van der Waals surface area (Å²) in [6, 6.07) is 18.4. The van der Waals surface area contributed by atoms with Gasteiger partial charge < -0.3 is 38.3 Å². The number of carboxylic acids is 1. The van der Waals surface area contributed by atoms with Crippen molar-refractivity contribution in [3.8, 4) is 0 Å². The van der Waals surface area contributed by atoms with E-state index in [0.29, 0.717) is 107 Å². The number of fused-ring (bicyclic) bond motifs is 6. The average Bonchev–Trinajstić information content (AvgIpc) is 4.32. The minimum atomic E-state index is -3.35. The van der Waals surface area contributed by atoms with E-state index in [1.165, 1.54) is 57.7 Å². The van der Waals surface area contributed by atoms with E-state index in [2.05, 4.69) is 87.4 Å². The zero-order valence-corrected chi connectivity index (χ0v) is 51.3. The largest absolute Gasteiger partial charge is 0.481 e. The van der Waals surface area contributed by atoms with Gasteiger partial charge in [-0.15, -0.1) is 5.10 Å². The Morgan fingerprint density at radius 3 is 1.45 bits per heavy atom. The number of nitrogens with zero attached hydrogens (tertiary/aromatic N) is 8. The summed E-state index contributed by atoms with van der Waals surface area (Å²) < 4.78 is 77.0. The molecular weight excluding hydrogens is 1150 g/mol. The fourth-order valence-electron chi connectivity index (χ4n) is 11.8. The van der Waals surface area contributed by atoms with Crippen LogP contribution in [0.4, 0.5) is 34.5 Å². The Balaban J connectivity index is 0.000000142. The van der Waals surface area contributed by atoms with Gasteiger partial charge in [0.05, 0.1) is 73.2 Å². The highest BCUT2D eigenvalue weighted by Gasteiger charge is 2.37. The predicted molar refractivity (Wildman–Crippen MR) is 327 cm³/mol. The Labute approximate surface area is 496 Å². The molecule has 0 spiro atoms. The summed E-state index contributed by atoms with van der Waals surface area (Å²) in [5, 5.41) is 34.4. The number of nitrogens with one attached hydrogen (secondary N) is 4. The molecule has 3 aromatic carbocycles. The molecule has 3 aromatic heterocycles. The van der Waals surface area contributed by atoms with Crippen molar-refractivity contribution in [3.05, 3.63) is 122 Å². The first kappa shape index (κ1) is 62.2. The van der Waals surface area contributed by atoms with E-state index in [-0.39, 0.29) is 42.7 Å². The highest BCUT2D eigenvalue weighted by Crippen LogP contribution is 2.38. The predicted octanol–water partition coefficient (Wildman–Crippen LogP) is 4.71. The molecule has 0 saturated heterocycles. The molecule has 25 nitrogen and oxygen atoms in total. The molecule has 12 rings (SSSR count). The second-order valence-corrected chi connectivity index (χ2v) is 28.1. The molecule has 0 radical (unpaired) electrons. The molecule has 0 saturated carbocycles. The molecule has 0 bridgehead atoms. The molecule has 11 N–H and O–H groups in total. The molecule has 3 atom stereocenters. The van der Waals surface area contributed by atoms with Crippen LogP contribution in [0.3, 0.4) is 0 Å². The van der Waals surface area contributed by atoms with E-state index < -0.39 is 36.0 Å². The number of nitrogen functional groups attached to an aromatic ring is 3. The second-order valence-electron chi connectivity index (χ2n) is 22.2. The Hall–Kier alpha value is -7.37. The fraction of sp³-hybridized carbons (Fsp3) is 0.474. The van der Waals surface area contributed by atoms with Crippen LogP contribution in [0.1, 0.15) is 135 Å². The van der Waals surface area contributed by atoms with E-state index in [1.807, 2.05) is 24.3 Å². The van der Waals surface area contributed by atoms with E-state index in [9.17, 15) is 39.6 Å². The lowest BCUT2D eigenvalue weighted by molar-refractivity contribution is -0.139. The van der Waals surface area contributed by atoms with Gasteiger partial charge in [0.15, 0.2) is 0 Å². The second kappa shape index (κ2) is 25.3. The molecule has 0 aliphatic carbocycles. The summed E-state index contributed by atoms with van der Waals surface area (Å²) in [6.45, 7) is 10.2. The number of aromatic amines is 1. The van der Waals surface area contributed by atoms with Crippen LogP contribution in [0, 0.1) is 0 Å². The Kier molecular flexibility index (Phi) is 18.5. The molecule has 6 aromatic rings. The molecule has 458 valence electrons. The number of carboxylic acid groups (broad SMARTS) is 1. The van der Waals surface area contributed by atoms with Crippen molar-refractivity contribution in [3.63, 3.8) is 0 Å². The zero-order chi connectivity index (χ0) is 61.3. The maximum atomic E-state index is 13.5. The van der Waals surface area contributed by atoms with Crippen molar-refractivity contribution in [1.29, 1.82) is 0 Å². The molecule has 9 heterocycles. The number of hydrogen-bond acceptors (Lipinski definition) is 18. The highest BCUT2D eigenvalue weighted by molar-refractivity contribution is 7.88. The van der Waals surface area contributed by atoms with Gasteiger partial charge in [-0.2, -0.15) is 27.8 Å². The Bertz CT molecular complexity index is 3880. The van der Waals surface area contributed by atoms with Crippen molar-refractivity contribution >= 4 is 82.4 Å². The van der Waals surface area contributed by atoms with Crippen molar-refractivity contribution in [2.24, 2.45) is 0 Å². The molecule has 28 heteroatoms. The van der Waals surface area contributed by atoms with Crippen LogP contribution in [0.5, 0.6) is 0 Å². The highest BCUT2D eigenvalue weighted by atomic mass is 32.2. The number of aryl methyl sites for hydroxylation is 3. The van der Waals surface area contributed by atoms with Crippen LogP contribution in [0.2, 0.25) is 0 Å². The third-order valence-corrected chi connectivity index (χ3v) is 20.4. The lowest BCUT2D eigenvalue weighted by atomic mass is 9.88.